The number of thiocarbonyl (C=S) groups is 1. The minimum Gasteiger partial charge on any atom is -0.377 e. The van der Waals surface area contributed by atoms with Crippen molar-refractivity contribution >= 4 is 45.1 Å². The lowest BCUT2D eigenvalue weighted by Crippen LogP contribution is -2.52. The van der Waals surface area contributed by atoms with Crippen LogP contribution in [0.15, 0.2) is 0 Å². The molecule has 4 amide bonds. The van der Waals surface area contributed by atoms with E-state index >= 15 is 0 Å². The lowest BCUT2D eigenvalue weighted by atomic mass is 9.94. The van der Waals surface area contributed by atoms with Crippen LogP contribution in [-0.4, -0.2) is 70.7 Å². The molecule has 13 heteroatoms. The van der Waals surface area contributed by atoms with Crippen LogP contribution < -0.4 is 31.3 Å². The number of rotatable bonds is 5. The standard InChI is InChI=1S/C9H20N2O.2C9H19NO.C7H15NS.C6H15NO2S/c1-8(2,3)10-7(12)11-9(4,5)6;2*1-8(2,3)7(11)10-9(4,5)6;1-5(2)7(9)8-6(3)4;1-5(2)7-10(8,9)6(3)4/h1-6H3,(H2,10,11,12);2*1-6H3,(H,10,11);5-6H,1-4H3,(H,8,9);5-7H,1-4H3. The molecule has 0 unspecified atom stereocenters. The normalized spacial score (nSPS) is 12.4. The lowest BCUT2D eigenvalue weighted by Gasteiger charge is -2.26. The fourth-order valence-corrected chi connectivity index (χ4v) is 3.85. The number of sulfonamides is 1. The summed E-state index contributed by atoms with van der Waals surface area (Å²) in [6.07, 6.45) is 0. The number of nitrogens with one attached hydrogen (secondary N) is 6. The predicted octanol–water partition coefficient (Wildman–Crippen LogP) is 8.47. The SMILES string of the molecule is CC(C)(C)NC(=O)C(C)(C)C.CC(C)(C)NC(=O)C(C)(C)C.CC(C)(C)NC(=O)NC(C)(C)C.CC(C)NC(=S)C(C)C.CC(C)NS(=O)(=O)C(C)C. The molecule has 320 valence electrons. The second-order valence-corrected chi connectivity index (χ2v) is 23.4. The van der Waals surface area contributed by atoms with Gasteiger partial charge in [-0.2, -0.15) is 0 Å². The van der Waals surface area contributed by atoms with E-state index in [2.05, 4.69) is 59.0 Å². The van der Waals surface area contributed by atoms with Crippen molar-refractivity contribution in [1.82, 2.24) is 31.3 Å². The molecule has 0 aliphatic carbocycles. The number of carbonyl (C=O) groups excluding carboxylic acids is 3. The van der Waals surface area contributed by atoms with E-state index in [4.69, 9.17) is 12.2 Å². The van der Waals surface area contributed by atoms with Gasteiger partial charge in [0.25, 0.3) is 0 Å². The average molecular weight is 797 g/mol. The highest BCUT2D eigenvalue weighted by Crippen LogP contribution is 2.15. The summed E-state index contributed by atoms with van der Waals surface area (Å²) in [7, 11) is -3.05. The molecule has 11 nitrogen and oxygen atoms in total. The molecule has 0 aromatic carbocycles. The zero-order valence-electron chi connectivity index (χ0n) is 39.2. The zero-order chi connectivity index (χ0) is 44.4. The van der Waals surface area contributed by atoms with Crippen LogP contribution in [0, 0.1) is 16.7 Å². The monoisotopic (exact) mass is 797 g/mol. The van der Waals surface area contributed by atoms with Crippen LogP contribution in [0.2, 0.25) is 0 Å². The van der Waals surface area contributed by atoms with Crippen molar-refractivity contribution in [3.8, 4) is 0 Å². The molecule has 0 aliphatic heterocycles. The van der Waals surface area contributed by atoms with E-state index in [9.17, 15) is 22.8 Å². The molecule has 0 aromatic rings. The Kier molecular flexibility index (Phi) is 27.9. The molecule has 0 aliphatic rings. The van der Waals surface area contributed by atoms with Gasteiger partial charge in [-0.3, -0.25) is 9.59 Å². The van der Waals surface area contributed by atoms with E-state index in [1.807, 2.05) is 125 Å². The molecular weight excluding hydrogens is 709 g/mol. The zero-order valence-corrected chi connectivity index (χ0v) is 40.8. The van der Waals surface area contributed by atoms with Crippen molar-refractivity contribution in [2.24, 2.45) is 16.7 Å². The Hall–Kier alpha value is -1.99. The third kappa shape index (κ3) is 48.0. The summed E-state index contributed by atoms with van der Waals surface area (Å²) in [4.78, 5) is 35.0. The molecule has 6 N–H and O–H groups in total. The van der Waals surface area contributed by atoms with Crippen LogP contribution in [-0.2, 0) is 19.6 Å². The molecule has 0 radical (unpaired) electrons. The summed E-state index contributed by atoms with van der Waals surface area (Å²) in [5.74, 6) is 0.678. The first-order valence-electron chi connectivity index (χ1n) is 18.8. The Balaban J connectivity index is -0.000000182. The Morgan fingerprint density at radius 3 is 0.830 bits per heavy atom. The summed E-state index contributed by atoms with van der Waals surface area (Å²) in [5.41, 5.74) is -1.15. The van der Waals surface area contributed by atoms with Crippen LogP contribution >= 0.6 is 12.2 Å². The molecule has 0 bridgehead atoms. The highest BCUT2D eigenvalue weighted by molar-refractivity contribution is 7.90. The first-order chi connectivity index (χ1) is 22.8. The molecular formula is C40H88N6O5S2. The van der Waals surface area contributed by atoms with Crippen molar-refractivity contribution in [2.75, 3.05) is 0 Å². The number of carbonyl (C=O) groups is 3. The molecule has 0 rings (SSSR count). The van der Waals surface area contributed by atoms with E-state index in [1.54, 1.807) is 27.7 Å². The molecule has 0 fully saturated rings. The molecule has 0 heterocycles. The number of amides is 4. The van der Waals surface area contributed by atoms with Gasteiger partial charge in [-0.15, -0.1) is 0 Å². The molecule has 0 aromatic heterocycles. The summed E-state index contributed by atoms with van der Waals surface area (Å²) in [6, 6.07) is 0.349. The van der Waals surface area contributed by atoms with E-state index in [-0.39, 0.29) is 62.1 Å². The first kappa shape index (κ1) is 60.3. The minimum absolute atomic E-state index is 0.00704. The fraction of sp³-hybridized carbons (Fsp3) is 0.900. The van der Waals surface area contributed by atoms with Crippen LogP contribution in [0.25, 0.3) is 0 Å². The van der Waals surface area contributed by atoms with Crippen LogP contribution in [0.5, 0.6) is 0 Å². The van der Waals surface area contributed by atoms with E-state index in [0.29, 0.717) is 12.0 Å². The van der Waals surface area contributed by atoms with Gasteiger partial charge in [0.05, 0.1) is 10.2 Å². The fourth-order valence-electron chi connectivity index (χ4n) is 2.68. The number of urea groups is 1. The molecule has 53 heavy (non-hydrogen) atoms. The van der Waals surface area contributed by atoms with Gasteiger partial charge in [-0.25, -0.2) is 17.9 Å². The predicted molar refractivity (Wildman–Crippen MR) is 234 cm³/mol. The third-order valence-electron chi connectivity index (χ3n) is 5.29. The second kappa shape index (κ2) is 24.5. The van der Waals surface area contributed by atoms with Gasteiger partial charge in [-0.1, -0.05) is 67.6 Å². The van der Waals surface area contributed by atoms with Gasteiger partial charge in [0.15, 0.2) is 0 Å². The maximum atomic E-state index is 11.4. The summed E-state index contributed by atoms with van der Waals surface area (Å²) < 4.78 is 24.6. The highest BCUT2D eigenvalue weighted by Gasteiger charge is 2.26. The second-order valence-electron chi connectivity index (χ2n) is 20.7. The minimum atomic E-state index is -3.05. The van der Waals surface area contributed by atoms with Crippen LogP contribution in [0.4, 0.5) is 4.79 Å². The summed E-state index contributed by atoms with van der Waals surface area (Å²) >= 11 is 5.04. The van der Waals surface area contributed by atoms with Gasteiger partial charge in [0.1, 0.15) is 0 Å². The van der Waals surface area contributed by atoms with Gasteiger partial charge in [-0.05, 0) is 125 Å². The van der Waals surface area contributed by atoms with Crippen molar-refractivity contribution in [3.05, 3.63) is 0 Å². The van der Waals surface area contributed by atoms with E-state index in [0.717, 1.165) is 4.99 Å². The first-order valence-corrected chi connectivity index (χ1v) is 20.8. The molecule has 0 saturated heterocycles. The van der Waals surface area contributed by atoms with Gasteiger partial charge >= 0.3 is 6.03 Å². The van der Waals surface area contributed by atoms with E-state index < -0.39 is 10.0 Å². The Morgan fingerprint density at radius 1 is 0.472 bits per heavy atom. The molecule has 0 spiro atoms. The van der Waals surface area contributed by atoms with Crippen molar-refractivity contribution in [1.29, 1.82) is 0 Å². The van der Waals surface area contributed by atoms with Crippen LogP contribution in [0.1, 0.15) is 180 Å². The van der Waals surface area contributed by atoms with Gasteiger partial charge in [0, 0.05) is 51.0 Å². The van der Waals surface area contributed by atoms with Crippen molar-refractivity contribution in [2.45, 2.75) is 220 Å². The largest absolute Gasteiger partial charge is 0.377 e. The van der Waals surface area contributed by atoms with Gasteiger partial charge < -0.3 is 26.6 Å². The Morgan fingerprint density at radius 2 is 0.736 bits per heavy atom. The highest BCUT2D eigenvalue weighted by atomic mass is 32.2. The lowest BCUT2D eigenvalue weighted by molar-refractivity contribution is -0.130. The summed E-state index contributed by atoms with van der Waals surface area (Å²) in [5, 5.41) is 14.3. The van der Waals surface area contributed by atoms with E-state index in [1.165, 1.54) is 0 Å². The van der Waals surface area contributed by atoms with Crippen molar-refractivity contribution in [3.63, 3.8) is 0 Å². The quantitative estimate of drug-likeness (QED) is 0.152. The van der Waals surface area contributed by atoms with Crippen molar-refractivity contribution < 1.29 is 22.8 Å². The third-order valence-corrected chi connectivity index (χ3v) is 7.92. The average Bonchev–Trinajstić information content (AvgIpc) is 2.78. The maximum absolute atomic E-state index is 11.4. The topological polar surface area (TPSA) is 158 Å². The summed E-state index contributed by atoms with van der Waals surface area (Å²) in [6.45, 7) is 50.4. The Bertz CT molecular complexity index is 1110. The van der Waals surface area contributed by atoms with Gasteiger partial charge in [0.2, 0.25) is 21.8 Å². The number of hydrogen-bond acceptors (Lipinski definition) is 6. The van der Waals surface area contributed by atoms with Crippen LogP contribution in [0.3, 0.4) is 0 Å². The molecule has 0 saturated carbocycles. The maximum Gasteiger partial charge on any atom is 0.315 e. The Labute approximate surface area is 334 Å². The number of hydrogen-bond donors (Lipinski definition) is 6. The smallest absolute Gasteiger partial charge is 0.315 e. The molecule has 0 atom stereocenters.